The van der Waals surface area contributed by atoms with Crippen LogP contribution in [0.25, 0.3) is 0 Å². The van der Waals surface area contributed by atoms with Gasteiger partial charge in [0.25, 0.3) is 5.91 Å². The molecule has 1 aromatic carbocycles. The number of amides is 1. The molecule has 3 rings (SSSR count). The highest BCUT2D eigenvalue weighted by Crippen LogP contribution is 2.32. The number of aromatic nitrogens is 1. The number of nitrogens with one attached hydrogen (secondary N) is 2. The quantitative estimate of drug-likeness (QED) is 0.719. The van der Waals surface area contributed by atoms with Gasteiger partial charge in [-0.3, -0.25) is 9.59 Å². The molecule has 102 valence electrons. The molecule has 5 nitrogen and oxygen atoms in total. The smallest absolute Gasteiger partial charge is 0.268 e. The van der Waals surface area contributed by atoms with Crippen molar-refractivity contribution >= 4 is 11.6 Å². The second-order valence-electron chi connectivity index (χ2n) is 4.95. The summed E-state index contributed by atoms with van der Waals surface area (Å²) in [4.78, 5) is 25.9. The zero-order valence-corrected chi connectivity index (χ0v) is 10.8. The monoisotopic (exact) mass is 269 g/mol. The summed E-state index contributed by atoms with van der Waals surface area (Å²) in [7, 11) is 0. The number of aromatic amines is 1. The number of hydrogen-bond acceptors (Lipinski definition) is 3. The van der Waals surface area contributed by atoms with E-state index in [-0.39, 0.29) is 23.2 Å². The van der Waals surface area contributed by atoms with Crippen LogP contribution in [0.5, 0.6) is 0 Å². The Kier molecular flexibility index (Phi) is 3.02. The molecular weight excluding hydrogens is 254 g/mol. The topological polar surface area (TPSA) is 88.0 Å². The number of anilines is 1. The number of nitrogens with two attached hydrogens (primary N) is 1. The molecule has 0 saturated heterocycles. The number of carbonyl (C=O) groups is 1. The number of pyridine rings is 1. The van der Waals surface area contributed by atoms with Crippen molar-refractivity contribution in [2.24, 2.45) is 0 Å². The lowest BCUT2D eigenvalue weighted by Gasteiger charge is -2.14. The Morgan fingerprint density at radius 3 is 2.95 bits per heavy atom. The number of carbonyl (C=O) groups excluding carboxylic acids is 1. The van der Waals surface area contributed by atoms with Gasteiger partial charge >= 0.3 is 0 Å². The average Bonchev–Trinajstić information content (AvgIpc) is 2.81. The van der Waals surface area contributed by atoms with Crippen LogP contribution in [-0.4, -0.2) is 10.9 Å². The zero-order chi connectivity index (χ0) is 14.1. The molecule has 0 spiro atoms. The molecule has 1 amide bonds. The maximum absolute atomic E-state index is 12.1. The average molecular weight is 269 g/mol. The Bertz CT molecular complexity index is 721. The van der Waals surface area contributed by atoms with Crippen molar-refractivity contribution in [2.45, 2.75) is 18.9 Å². The largest absolute Gasteiger partial charge is 0.399 e. The van der Waals surface area contributed by atoms with Crippen molar-refractivity contribution in [2.75, 3.05) is 5.73 Å². The molecule has 1 aliphatic carbocycles. The molecule has 1 aromatic heterocycles. The van der Waals surface area contributed by atoms with Crippen molar-refractivity contribution in [1.82, 2.24) is 10.3 Å². The van der Waals surface area contributed by atoms with Crippen molar-refractivity contribution in [3.05, 3.63) is 63.6 Å². The molecule has 1 unspecified atom stereocenters. The van der Waals surface area contributed by atoms with E-state index in [9.17, 15) is 9.59 Å². The molecule has 5 heteroatoms. The van der Waals surface area contributed by atoms with Gasteiger partial charge < -0.3 is 16.0 Å². The Balaban J connectivity index is 1.80. The Morgan fingerprint density at radius 1 is 1.30 bits per heavy atom. The first-order valence-corrected chi connectivity index (χ1v) is 6.52. The summed E-state index contributed by atoms with van der Waals surface area (Å²) in [5, 5.41) is 2.95. The fourth-order valence-electron chi connectivity index (χ4n) is 2.60. The molecule has 0 aliphatic heterocycles. The van der Waals surface area contributed by atoms with E-state index in [2.05, 4.69) is 10.3 Å². The lowest BCUT2D eigenvalue weighted by molar-refractivity contribution is 0.0931. The molecule has 4 N–H and O–H groups in total. The van der Waals surface area contributed by atoms with Gasteiger partial charge in [0.15, 0.2) is 0 Å². The molecule has 0 radical (unpaired) electrons. The minimum atomic E-state index is -0.280. The number of benzene rings is 1. The van der Waals surface area contributed by atoms with E-state index in [0.29, 0.717) is 0 Å². The predicted octanol–water partition coefficient (Wildman–Crippen LogP) is 1.37. The predicted molar refractivity (Wildman–Crippen MR) is 76.4 cm³/mol. The minimum absolute atomic E-state index is 0.0261. The van der Waals surface area contributed by atoms with E-state index >= 15 is 0 Å². The summed E-state index contributed by atoms with van der Waals surface area (Å²) in [6.07, 6.45) is 1.75. The SMILES string of the molecule is Nc1ccc2c(c1)CCC2NC(=O)c1cccc(=O)[nH]1. The van der Waals surface area contributed by atoms with Crippen LogP contribution in [0.1, 0.15) is 34.1 Å². The Morgan fingerprint density at radius 2 is 2.15 bits per heavy atom. The molecular formula is C15H15N3O2. The van der Waals surface area contributed by atoms with E-state index < -0.39 is 0 Å². The number of H-pyrrole nitrogens is 1. The number of aryl methyl sites for hydroxylation is 1. The standard InChI is InChI=1S/C15H15N3O2/c16-10-5-6-11-9(8-10)4-7-12(11)18-15(20)13-2-1-3-14(19)17-13/h1-3,5-6,8,12H,4,7,16H2,(H,17,19)(H,18,20). The van der Waals surface area contributed by atoms with Crippen molar-refractivity contribution < 1.29 is 4.79 Å². The van der Waals surface area contributed by atoms with Crippen molar-refractivity contribution in [3.8, 4) is 0 Å². The van der Waals surface area contributed by atoms with Crippen molar-refractivity contribution in [1.29, 1.82) is 0 Å². The van der Waals surface area contributed by atoms with Crippen LogP contribution in [0.3, 0.4) is 0 Å². The third kappa shape index (κ3) is 2.30. The normalized spacial score (nSPS) is 16.7. The zero-order valence-electron chi connectivity index (χ0n) is 10.8. The number of nitrogen functional groups attached to an aromatic ring is 1. The van der Waals surface area contributed by atoms with Crippen LogP contribution in [0.4, 0.5) is 5.69 Å². The van der Waals surface area contributed by atoms with Gasteiger partial charge in [0.2, 0.25) is 5.56 Å². The number of hydrogen-bond donors (Lipinski definition) is 3. The maximum Gasteiger partial charge on any atom is 0.268 e. The summed E-state index contributed by atoms with van der Waals surface area (Å²) in [5.41, 5.74) is 8.78. The fraction of sp³-hybridized carbons (Fsp3) is 0.200. The van der Waals surface area contributed by atoms with Gasteiger partial charge in [0, 0.05) is 11.8 Å². The van der Waals surface area contributed by atoms with E-state index in [1.807, 2.05) is 18.2 Å². The van der Waals surface area contributed by atoms with E-state index in [1.165, 1.54) is 11.6 Å². The van der Waals surface area contributed by atoms with Crippen molar-refractivity contribution in [3.63, 3.8) is 0 Å². The van der Waals surface area contributed by atoms with Gasteiger partial charge in [-0.25, -0.2) is 0 Å². The first-order valence-electron chi connectivity index (χ1n) is 6.52. The van der Waals surface area contributed by atoms with Gasteiger partial charge in [0.1, 0.15) is 5.69 Å². The molecule has 0 saturated carbocycles. The Hall–Kier alpha value is -2.56. The fourth-order valence-corrected chi connectivity index (χ4v) is 2.60. The molecule has 1 aliphatic rings. The Labute approximate surface area is 115 Å². The summed E-state index contributed by atoms with van der Waals surface area (Å²) < 4.78 is 0. The summed E-state index contributed by atoms with van der Waals surface area (Å²) in [5.74, 6) is -0.266. The molecule has 20 heavy (non-hydrogen) atoms. The molecule has 0 fully saturated rings. The van der Waals surface area contributed by atoms with Crippen LogP contribution >= 0.6 is 0 Å². The van der Waals surface area contributed by atoms with Gasteiger partial charge in [-0.05, 0) is 42.2 Å². The van der Waals surface area contributed by atoms with Crippen LogP contribution in [0.2, 0.25) is 0 Å². The highest BCUT2D eigenvalue weighted by Gasteiger charge is 2.24. The van der Waals surface area contributed by atoms with Gasteiger partial charge in [0.05, 0.1) is 6.04 Å². The van der Waals surface area contributed by atoms with Crippen LogP contribution in [0.15, 0.2) is 41.2 Å². The summed E-state index contributed by atoms with van der Waals surface area (Å²) in [6, 6.07) is 10.3. The van der Waals surface area contributed by atoms with E-state index in [0.717, 1.165) is 24.1 Å². The minimum Gasteiger partial charge on any atom is -0.399 e. The van der Waals surface area contributed by atoms with Gasteiger partial charge in [-0.1, -0.05) is 12.1 Å². The molecule has 0 bridgehead atoms. The number of rotatable bonds is 2. The highest BCUT2D eigenvalue weighted by atomic mass is 16.2. The molecule has 1 heterocycles. The maximum atomic E-state index is 12.1. The van der Waals surface area contributed by atoms with Crippen LogP contribution in [0, 0.1) is 0 Å². The van der Waals surface area contributed by atoms with Crippen LogP contribution in [-0.2, 0) is 6.42 Å². The first-order chi connectivity index (χ1) is 9.63. The third-order valence-electron chi connectivity index (χ3n) is 3.56. The summed E-state index contributed by atoms with van der Waals surface area (Å²) in [6.45, 7) is 0. The number of fused-ring (bicyclic) bond motifs is 1. The third-order valence-corrected chi connectivity index (χ3v) is 3.56. The van der Waals surface area contributed by atoms with E-state index in [1.54, 1.807) is 12.1 Å². The molecule has 2 aromatic rings. The first kappa shape index (κ1) is 12.5. The lowest BCUT2D eigenvalue weighted by atomic mass is 10.1. The second kappa shape index (κ2) is 4.85. The van der Waals surface area contributed by atoms with Gasteiger partial charge in [-0.15, -0.1) is 0 Å². The van der Waals surface area contributed by atoms with E-state index in [4.69, 9.17) is 5.73 Å². The van der Waals surface area contributed by atoms with Gasteiger partial charge in [-0.2, -0.15) is 0 Å². The van der Waals surface area contributed by atoms with Crippen LogP contribution < -0.4 is 16.6 Å². The highest BCUT2D eigenvalue weighted by molar-refractivity contribution is 5.92. The second-order valence-corrected chi connectivity index (χ2v) is 4.95. The summed E-state index contributed by atoms with van der Waals surface area (Å²) >= 11 is 0. The molecule has 1 atom stereocenters. The lowest BCUT2D eigenvalue weighted by Crippen LogP contribution is -2.29.